The van der Waals surface area contributed by atoms with Crippen LogP contribution < -0.4 is 5.32 Å². The van der Waals surface area contributed by atoms with Gasteiger partial charge in [0, 0.05) is 44.2 Å². The second-order valence-corrected chi connectivity index (χ2v) is 7.26. The molecule has 0 fully saturated rings. The lowest BCUT2D eigenvalue weighted by molar-refractivity contribution is -0.384. The van der Waals surface area contributed by atoms with Gasteiger partial charge in [-0.3, -0.25) is 14.9 Å². The number of hydrogen-bond donors (Lipinski definition) is 1. The monoisotopic (exact) mass is 418 g/mol. The zero-order valence-electron chi connectivity index (χ0n) is 17.3. The summed E-state index contributed by atoms with van der Waals surface area (Å²) in [7, 11) is 1.70. The van der Waals surface area contributed by atoms with E-state index in [1.807, 2.05) is 31.2 Å². The van der Waals surface area contributed by atoms with Crippen LogP contribution in [0.25, 0.3) is 11.0 Å². The van der Waals surface area contributed by atoms with Crippen molar-refractivity contribution in [3.63, 3.8) is 0 Å². The number of para-hydroxylation sites is 2. The smallest absolute Gasteiger partial charge is 0.293 e. The number of fused-ring (bicyclic) bond motifs is 1. The lowest BCUT2D eigenvalue weighted by Crippen LogP contribution is -2.11. The van der Waals surface area contributed by atoms with Crippen LogP contribution in [-0.2, 0) is 13.6 Å². The zero-order chi connectivity index (χ0) is 22.0. The van der Waals surface area contributed by atoms with Gasteiger partial charge in [-0.2, -0.15) is 0 Å². The maximum atomic E-state index is 12.6. The molecule has 4 aromatic rings. The molecule has 0 saturated heterocycles. The largest absolute Gasteiger partial charge is 0.379 e. The van der Waals surface area contributed by atoms with E-state index in [0.717, 1.165) is 29.8 Å². The molecule has 0 unspecified atom stereocenters. The number of hydrogen-bond acceptors (Lipinski definition) is 6. The van der Waals surface area contributed by atoms with Crippen LogP contribution >= 0.6 is 0 Å². The number of imidazole rings is 2. The first kappa shape index (κ1) is 20.3. The fourth-order valence-electron chi connectivity index (χ4n) is 3.63. The SMILES string of the molecule is Cc1nc2ccccc2n1CCCNc1ccc(C(=O)c2nccn2C)cc1[N+](=O)[O-]. The summed E-state index contributed by atoms with van der Waals surface area (Å²) in [6.45, 7) is 3.25. The molecule has 0 bridgehead atoms. The highest BCUT2D eigenvalue weighted by molar-refractivity contribution is 6.07. The number of benzene rings is 2. The van der Waals surface area contributed by atoms with Crippen molar-refractivity contribution in [2.45, 2.75) is 19.9 Å². The van der Waals surface area contributed by atoms with Crippen molar-refractivity contribution < 1.29 is 9.72 Å². The van der Waals surface area contributed by atoms with Gasteiger partial charge in [-0.15, -0.1) is 0 Å². The Morgan fingerprint density at radius 1 is 1.23 bits per heavy atom. The molecule has 9 heteroatoms. The van der Waals surface area contributed by atoms with Crippen LogP contribution in [0.15, 0.2) is 54.9 Å². The maximum Gasteiger partial charge on any atom is 0.293 e. The molecule has 2 heterocycles. The molecule has 0 aliphatic rings. The van der Waals surface area contributed by atoms with Crippen molar-refractivity contribution in [1.29, 1.82) is 0 Å². The molecule has 0 aliphatic heterocycles. The van der Waals surface area contributed by atoms with Crippen LogP contribution in [0.1, 0.15) is 28.4 Å². The Bertz CT molecular complexity index is 1270. The third-order valence-corrected chi connectivity index (χ3v) is 5.20. The summed E-state index contributed by atoms with van der Waals surface area (Å²) >= 11 is 0. The molecular formula is C22H22N6O3. The van der Waals surface area contributed by atoms with E-state index >= 15 is 0 Å². The predicted molar refractivity (Wildman–Crippen MR) is 117 cm³/mol. The first-order valence-electron chi connectivity index (χ1n) is 9.92. The summed E-state index contributed by atoms with van der Waals surface area (Å²) in [5.74, 6) is 0.812. The minimum atomic E-state index is -0.481. The molecule has 2 aromatic heterocycles. The fraction of sp³-hybridized carbons (Fsp3) is 0.227. The highest BCUT2D eigenvalue weighted by atomic mass is 16.6. The van der Waals surface area contributed by atoms with Crippen molar-refractivity contribution in [1.82, 2.24) is 19.1 Å². The zero-order valence-corrected chi connectivity index (χ0v) is 17.3. The Hall–Kier alpha value is -4.01. The summed E-state index contributed by atoms with van der Waals surface area (Å²) in [6.07, 6.45) is 3.93. The number of ketones is 1. The molecule has 31 heavy (non-hydrogen) atoms. The van der Waals surface area contributed by atoms with Crippen LogP contribution in [-0.4, -0.2) is 36.4 Å². The van der Waals surface area contributed by atoms with Gasteiger partial charge >= 0.3 is 0 Å². The molecule has 0 saturated carbocycles. The van der Waals surface area contributed by atoms with Gasteiger partial charge in [0.05, 0.1) is 16.0 Å². The van der Waals surface area contributed by atoms with E-state index < -0.39 is 4.92 Å². The van der Waals surface area contributed by atoms with Crippen LogP contribution in [0.4, 0.5) is 11.4 Å². The predicted octanol–water partition coefficient (Wildman–Crippen LogP) is 3.72. The maximum absolute atomic E-state index is 12.6. The Labute approximate surface area is 178 Å². The van der Waals surface area contributed by atoms with Gasteiger partial charge in [0.25, 0.3) is 5.69 Å². The van der Waals surface area contributed by atoms with Crippen LogP contribution in [0.2, 0.25) is 0 Å². The number of nitrogens with zero attached hydrogens (tertiary/aromatic N) is 5. The van der Waals surface area contributed by atoms with Gasteiger partial charge in [0.1, 0.15) is 11.5 Å². The van der Waals surface area contributed by atoms with Crippen molar-refractivity contribution in [3.05, 3.63) is 82.2 Å². The summed E-state index contributed by atoms with van der Waals surface area (Å²) in [4.78, 5) is 32.3. The summed E-state index contributed by atoms with van der Waals surface area (Å²) in [6, 6.07) is 12.4. The minimum Gasteiger partial charge on any atom is -0.379 e. The van der Waals surface area contributed by atoms with E-state index in [9.17, 15) is 14.9 Å². The topological polar surface area (TPSA) is 108 Å². The number of anilines is 1. The van der Waals surface area contributed by atoms with E-state index in [2.05, 4.69) is 19.9 Å². The van der Waals surface area contributed by atoms with E-state index in [0.29, 0.717) is 12.2 Å². The Morgan fingerprint density at radius 2 is 2.03 bits per heavy atom. The van der Waals surface area contributed by atoms with Crippen molar-refractivity contribution in [2.24, 2.45) is 7.05 Å². The summed E-state index contributed by atoms with van der Waals surface area (Å²) in [5, 5.41) is 14.7. The van der Waals surface area contributed by atoms with Gasteiger partial charge in [0.15, 0.2) is 5.82 Å². The first-order valence-corrected chi connectivity index (χ1v) is 9.92. The Morgan fingerprint density at radius 3 is 2.77 bits per heavy atom. The molecule has 0 amide bonds. The van der Waals surface area contributed by atoms with Gasteiger partial charge in [0.2, 0.25) is 5.78 Å². The number of nitro groups is 1. The molecule has 1 N–H and O–H groups in total. The highest BCUT2D eigenvalue weighted by Crippen LogP contribution is 2.26. The first-order chi connectivity index (χ1) is 15.0. The number of carbonyl (C=O) groups is 1. The quantitative estimate of drug-likeness (QED) is 0.202. The van der Waals surface area contributed by atoms with Gasteiger partial charge in [-0.1, -0.05) is 12.1 Å². The molecule has 9 nitrogen and oxygen atoms in total. The third kappa shape index (κ3) is 4.02. The summed E-state index contributed by atoms with van der Waals surface area (Å²) < 4.78 is 3.72. The van der Waals surface area contributed by atoms with Crippen molar-refractivity contribution in [2.75, 3.05) is 11.9 Å². The normalized spacial score (nSPS) is 11.0. The molecule has 2 aromatic carbocycles. The second-order valence-electron chi connectivity index (χ2n) is 7.26. The minimum absolute atomic E-state index is 0.135. The van der Waals surface area contributed by atoms with E-state index in [-0.39, 0.29) is 22.9 Å². The molecule has 0 spiro atoms. The molecule has 0 atom stereocenters. The van der Waals surface area contributed by atoms with Crippen molar-refractivity contribution >= 4 is 28.2 Å². The summed E-state index contributed by atoms with van der Waals surface area (Å²) in [5.41, 5.74) is 2.50. The average Bonchev–Trinajstić information content (AvgIpc) is 3.33. The van der Waals surface area contributed by atoms with Crippen LogP contribution in [0.3, 0.4) is 0 Å². The number of nitrogens with one attached hydrogen (secondary N) is 1. The number of aryl methyl sites for hydroxylation is 3. The molecular weight excluding hydrogens is 396 g/mol. The third-order valence-electron chi connectivity index (χ3n) is 5.20. The highest BCUT2D eigenvalue weighted by Gasteiger charge is 2.20. The molecule has 158 valence electrons. The lowest BCUT2D eigenvalue weighted by atomic mass is 10.1. The number of aromatic nitrogens is 4. The van der Waals surface area contributed by atoms with Gasteiger partial charge < -0.3 is 14.5 Å². The second kappa shape index (κ2) is 8.39. The lowest BCUT2D eigenvalue weighted by Gasteiger charge is -2.10. The Kier molecular flexibility index (Phi) is 5.48. The average molecular weight is 418 g/mol. The van der Waals surface area contributed by atoms with E-state index in [1.165, 1.54) is 12.3 Å². The van der Waals surface area contributed by atoms with Crippen molar-refractivity contribution in [3.8, 4) is 0 Å². The number of rotatable bonds is 8. The number of nitro benzene ring substituents is 1. The molecule has 4 rings (SSSR count). The fourth-order valence-corrected chi connectivity index (χ4v) is 3.63. The molecule has 0 radical (unpaired) electrons. The van der Waals surface area contributed by atoms with E-state index in [4.69, 9.17) is 0 Å². The standard InChI is InChI=1S/C22H22N6O3/c1-15-25-18-6-3-4-7-19(18)27(15)12-5-10-23-17-9-8-16(14-20(17)28(30)31)21(29)22-24-11-13-26(22)2/h3-4,6-9,11,13-14,23H,5,10,12H2,1-2H3. The van der Waals surface area contributed by atoms with Crippen LogP contribution in [0, 0.1) is 17.0 Å². The van der Waals surface area contributed by atoms with E-state index in [1.54, 1.807) is 29.9 Å². The van der Waals surface area contributed by atoms with Gasteiger partial charge in [-0.25, -0.2) is 9.97 Å². The van der Waals surface area contributed by atoms with Crippen LogP contribution in [0.5, 0.6) is 0 Å². The van der Waals surface area contributed by atoms with Gasteiger partial charge in [-0.05, 0) is 37.6 Å². The Balaban J connectivity index is 1.46. The number of carbonyl (C=O) groups excluding carboxylic acids is 1. The molecule has 0 aliphatic carbocycles.